The maximum absolute atomic E-state index is 11.9. The highest BCUT2D eigenvalue weighted by Crippen LogP contribution is 2.09. The highest BCUT2D eigenvalue weighted by atomic mass is 16.6. The first-order valence-electron chi connectivity index (χ1n) is 8.87. The Hall–Kier alpha value is -2.31. The second-order valence-electron chi connectivity index (χ2n) is 7.92. The average molecular weight is 364 g/mol. The highest BCUT2D eigenvalue weighted by Gasteiger charge is 2.24. The van der Waals surface area contributed by atoms with Gasteiger partial charge in [0.15, 0.2) is 5.96 Å². The summed E-state index contributed by atoms with van der Waals surface area (Å²) in [6.45, 7) is 12.7. The summed E-state index contributed by atoms with van der Waals surface area (Å²) in [5.41, 5.74) is 1.44. The Morgan fingerprint density at radius 3 is 2.50 bits per heavy atom. The largest absolute Gasteiger partial charge is 0.444 e. The molecule has 0 atom stereocenters. The summed E-state index contributed by atoms with van der Waals surface area (Å²) in [7, 11) is 1.72. The number of carbonyl (C=O) groups excluding carboxylic acids is 1. The lowest BCUT2D eigenvalue weighted by atomic mass is 10.1. The van der Waals surface area contributed by atoms with Crippen molar-refractivity contribution >= 4 is 12.1 Å². The Morgan fingerprint density at radius 2 is 1.92 bits per heavy atom. The van der Waals surface area contributed by atoms with Crippen LogP contribution in [0, 0.1) is 6.92 Å². The third kappa shape index (κ3) is 8.69. The van der Waals surface area contributed by atoms with Gasteiger partial charge >= 0.3 is 6.09 Å². The van der Waals surface area contributed by atoms with Gasteiger partial charge < -0.3 is 20.7 Å². The van der Waals surface area contributed by atoms with Crippen molar-refractivity contribution in [1.29, 1.82) is 0 Å². The van der Waals surface area contributed by atoms with Gasteiger partial charge in [-0.2, -0.15) is 0 Å². The summed E-state index contributed by atoms with van der Waals surface area (Å²) in [5.74, 6) is 0.691. The first kappa shape index (κ1) is 21.7. The first-order chi connectivity index (χ1) is 12.0. The number of pyridine rings is 1. The van der Waals surface area contributed by atoms with Gasteiger partial charge in [0.2, 0.25) is 0 Å². The molecule has 0 radical (unpaired) electrons. The van der Waals surface area contributed by atoms with Crippen LogP contribution in [-0.4, -0.2) is 48.3 Å². The van der Waals surface area contributed by atoms with Gasteiger partial charge in [-0.3, -0.25) is 9.98 Å². The molecule has 0 spiro atoms. The molecular weight excluding hydrogens is 330 g/mol. The average Bonchev–Trinajstić information content (AvgIpc) is 2.49. The Morgan fingerprint density at radius 1 is 1.23 bits per heavy atom. The van der Waals surface area contributed by atoms with Crippen molar-refractivity contribution in [3.05, 3.63) is 29.6 Å². The molecule has 1 heterocycles. The molecule has 1 aromatic rings. The zero-order chi connectivity index (χ0) is 19.8. The third-order valence-corrected chi connectivity index (χ3v) is 3.58. The molecule has 0 fully saturated rings. The molecule has 0 aliphatic heterocycles. The predicted octanol–water partition coefficient (Wildman–Crippen LogP) is 2.40. The lowest BCUT2D eigenvalue weighted by Crippen LogP contribution is -2.54. The quantitative estimate of drug-likeness (QED) is 0.534. The molecule has 0 bridgehead atoms. The molecule has 146 valence electrons. The van der Waals surface area contributed by atoms with E-state index in [0.717, 1.165) is 13.0 Å². The van der Waals surface area contributed by atoms with Crippen LogP contribution >= 0.6 is 0 Å². The number of aryl methyl sites for hydroxylation is 1. The number of aromatic nitrogens is 1. The van der Waals surface area contributed by atoms with Gasteiger partial charge in [0.25, 0.3) is 0 Å². The number of ether oxygens (including phenoxy) is 1. The Labute approximate surface area is 157 Å². The van der Waals surface area contributed by atoms with Crippen LogP contribution in [0.25, 0.3) is 0 Å². The van der Waals surface area contributed by atoms with E-state index in [1.54, 1.807) is 13.2 Å². The number of nitrogens with one attached hydrogen (secondary N) is 3. The smallest absolute Gasteiger partial charge is 0.408 e. The van der Waals surface area contributed by atoms with Crippen LogP contribution in [0.2, 0.25) is 0 Å². The standard InChI is InChI=1S/C19H33N5O2/c1-14-12-21-10-8-15(14)9-11-22-16(20-7)23-13-19(5,6)24-17(25)26-18(2,3)4/h8,10,12H,9,11,13H2,1-7H3,(H,24,25)(H2,20,22,23). The molecule has 1 aromatic heterocycles. The van der Waals surface area contributed by atoms with Crippen molar-refractivity contribution in [3.8, 4) is 0 Å². The number of aliphatic imine (C=N–C) groups is 1. The minimum atomic E-state index is -0.518. The summed E-state index contributed by atoms with van der Waals surface area (Å²) >= 11 is 0. The zero-order valence-corrected chi connectivity index (χ0v) is 17.1. The molecule has 0 saturated carbocycles. The molecule has 7 heteroatoms. The Kier molecular flexibility index (Phi) is 7.86. The van der Waals surface area contributed by atoms with E-state index in [-0.39, 0.29) is 0 Å². The van der Waals surface area contributed by atoms with Crippen molar-refractivity contribution in [2.24, 2.45) is 4.99 Å². The van der Waals surface area contributed by atoms with Crippen LogP contribution in [0.15, 0.2) is 23.5 Å². The van der Waals surface area contributed by atoms with E-state index < -0.39 is 17.2 Å². The van der Waals surface area contributed by atoms with Crippen LogP contribution in [0.4, 0.5) is 4.79 Å². The number of nitrogens with zero attached hydrogens (tertiary/aromatic N) is 2. The van der Waals surface area contributed by atoms with Crippen molar-refractivity contribution < 1.29 is 9.53 Å². The minimum Gasteiger partial charge on any atom is -0.444 e. The summed E-state index contributed by atoms with van der Waals surface area (Å²) in [6, 6.07) is 2.03. The van der Waals surface area contributed by atoms with Crippen LogP contribution < -0.4 is 16.0 Å². The second-order valence-corrected chi connectivity index (χ2v) is 7.92. The van der Waals surface area contributed by atoms with Gasteiger partial charge in [-0.25, -0.2) is 4.79 Å². The number of hydrogen-bond acceptors (Lipinski definition) is 4. The lowest BCUT2D eigenvalue weighted by molar-refractivity contribution is 0.0474. The van der Waals surface area contributed by atoms with Crippen molar-refractivity contribution in [2.75, 3.05) is 20.1 Å². The number of carbonyl (C=O) groups is 1. The van der Waals surface area contributed by atoms with E-state index in [9.17, 15) is 4.79 Å². The van der Waals surface area contributed by atoms with E-state index in [2.05, 4.69) is 32.9 Å². The summed E-state index contributed by atoms with van der Waals surface area (Å²) in [4.78, 5) is 20.3. The molecule has 0 unspecified atom stereocenters. The highest BCUT2D eigenvalue weighted by molar-refractivity contribution is 5.79. The maximum Gasteiger partial charge on any atom is 0.408 e. The fraction of sp³-hybridized carbons (Fsp3) is 0.632. The molecule has 0 saturated heterocycles. The molecule has 7 nitrogen and oxygen atoms in total. The summed E-state index contributed by atoms with van der Waals surface area (Å²) < 4.78 is 5.30. The van der Waals surface area contributed by atoms with Gasteiger partial charge in [-0.15, -0.1) is 0 Å². The molecule has 1 rings (SSSR count). The van der Waals surface area contributed by atoms with Crippen LogP contribution in [0.3, 0.4) is 0 Å². The molecule has 1 amide bonds. The van der Waals surface area contributed by atoms with Gasteiger partial charge in [0, 0.05) is 32.5 Å². The van der Waals surface area contributed by atoms with Crippen molar-refractivity contribution in [2.45, 2.75) is 59.1 Å². The van der Waals surface area contributed by atoms with Crippen molar-refractivity contribution in [3.63, 3.8) is 0 Å². The number of rotatable bonds is 6. The maximum atomic E-state index is 11.9. The summed E-state index contributed by atoms with van der Waals surface area (Å²) in [6.07, 6.45) is 4.13. The van der Waals surface area contributed by atoms with Crippen LogP contribution in [0.5, 0.6) is 0 Å². The molecular formula is C19H33N5O2. The van der Waals surface area contributed by atoms with Gasteiger partial charge in [-0.1, -0.05) is 0 Å². The number of alkyl carbamates (subject to hydrolysis) is 1. The van der Waals surface area contributed by atoms with E-state index in [1.807, 2.05) is 46.9 Å². The van der Waals surface area contributed by atoms with E-state index in [0.29, 0.717) is 12.5 Å². The SMILES string of the molecule is CN=C(NCCc1ccncc1C)NCC(C)(C)NC(=O)OC(C)(C)C. The molecule has 0 aromatic carbocycles. The first-order valence-corrected chi connectivity index (χ1v) is 8.87. The topological polar surface area (TPSA) is 87.6 Å². The van der Waals surface area contributed by atoms with Gasteiger partial charge in [0.05, 0.1) is 5.54 Å². The fourth-order valence-corrected chi connectivity index (χ4v) is 2.25. The lowest BCUT2D eigenvalue weighted by Gasteiger charge is -2.29. The third-order valence-electron chi connectivity index (χ3n) is 3.58. The van der Waals surface area contributed by atoms with Gasteiger partial charge in [-0.05, 0) is 65.2 Å². The van der Waals surface area contributed by atoms with Crippen LogP contribution in [-0.2, 0) is 11.2 Å². The summed E-state index contributed by atoms with van der Waals surface area (Å²) in [5, 5.41) is 9.39. The fourth-order valence-electron chi connectivity index (χ4n) is 2.25. The van der Waals surface area contributed by atoms with Crippen LogP contribution in [0.1, 0.15) is 45.7 Å². The van der Waals surface area contributed by atoms with E-state index >= 15 is 0 Å². The van der Waals surface area contributed by atoms with Gasteiger partial charge in [0.1, 0.15) is 5.60 Å². The normalized spacial score (nSPS) is 12.5. The monoisotopic (exact) mass is 363 g/mol. The molecule has 0 aliphatic carbocycles. The predicted molar refractivity (Wildman–Crippen MR) is 105 cm³/mol. The molecule has 3 N–H and O–H groups in total. The van der Waals surface area contributed by atoms with Crippen molar-refractivity contribution in [1.82, 2.24) is 20.9 Å². The second kappa shape index (κ2) is 9.40. The Balaban J connectivity index is 2.43. The Bertz CT molecular complexity index is 621. The number of amides is 1. The zero-order valence-electron chi connectivity index (χ0n) is 17.1. The van der Waals surface area contributed by atoms with E-state index in [1.165, 1.54) is 11.1 Å². The van der Waals surface area contributed by atoms with E-state index in [4.69, 9.17) is 4.74 Å². The number of hydrogen-bond donors (Lipinski definition) is 3. The molecule has 26 heavy (non-hydrogen) atoms. The molecule has 0 aliphatic rings. The minimum absolute atomic E-state index is 0.430. The number of guanidine groups is 1.